The molecule has 0 aliphatic heterocycles. The Hall–Kier alpha value is -0.340. The molecule has 0 aliphatic rings. The SMILES string of the molecule is CCCC(CBr)CN(Cc1ccccc1)C(C)C. The molecule has 2 heteroatoms. The van der Waals surface area contributed by atoms with E-state index in [2.05, 4.69) is 71.9 Å². The van der Waals surface area contributed by atoms with E-state index in [9.17, 15) is 0 Å². The van der Waals surface area contributed by atoms with Crippen molar-refractivity contribution in [2.45, 2.75) is 46.2 Å². The summed E-state index contributed by atoms with van der Waals surface area (Å²) in [6, 6.07) is 11.4. The van der Waals surface area contributed by atoms with Gasteiger partial charge >= 0.3 is 0 Å². The van der Waals surface area contributed by atoms with Crippen molar-refractivity contribution in [3.63, 3.8) is 0 Å². The molecular formula is C16H26BrN. The van der Waals surface area contributed by atoms with Crippen LogP contribution < -0.4 is 0 Å². The molecule has 0 radical (unpaired) electrons. The first-order chi connectivity index (χ1) is 8.67. The van der Waals surface area contributed by atoms with Crippen molar-refractivity contribution in [3.8, 4) is 0 Å². The molecule has 18 heavy (non-hydrogen) atoms. The van der Waals surface area contributed by atoms with Crippen LogP contribution >= 0.6 is 15.9 Å². The highest BCUT2D eigenvalue weighted by molar-refractivity contribution is 9.09. The van der Waals surface area contributed by atoms with Crippen LogP contribution in [0.15, 0.2) is 30.3 Å². The highest BCUT2D eigenvalue weighted by Gasteiger charge is 2.15. The number of halogens is 1. The minimum atomic E-state index is 0.601. The fourth-order valence-corrected chi connectivity index (χ4v) is 2.76. The van der Waals surface area contributed by atoms with Gasteiger partial charge in [-0.3, -0.25) is 4.90 Å². The number of hydrogen-bond acceptors (Lipinski definition) is 1. The van der Waals surface area contributed by atoms with Gasteiger partial charge in [-0.05, 0) is 31.7 Å². The van der Waals surface area contributed by atoms with E-state index in [-0.39, 0.29) is 0 Å². The van der Waals surface area contributed by atoms with Crippen LogP contribution in [-0.2, 0) is 6.54 Å². The molecule has 1 nitrogen and oxygen atoms in total. The third kappa shape index (κ3) is 5.53. The lowest BCUT2D eigenvalue weighted by atomic mass is 10.0. The number of benzene rings is 1. The molecule has 0 fully saturated rings. The van der Waals surface area contributed by atoms with Crippen molar-refractivity contribution < 1.29 is 0 Å². The quantitative estimate of drug-likeness (QED) is 0.628. The fraction of sp³-hybridized carbons (Fsp3) is 0.625. The maximum absolute atomic E-state index is 3.65. The second-order valence-corrected chi connectivity index (χ2v) is 5.97. The molecule has 0 spiro atoms. The van der Waals surface area contributed by atoms with Crippen LogP contribution in [0.2, 0.25) is 0 Å². The molecule has 0 aromatic heterocycles. The van der Waals surface area contributed by atoms with Crippen LogP contribution in [0.4, 0.5) is 0 Å². The molecule has 1 unspecified atom stereocenters. The van der Waals surface area contributed by atoms with Gasteiger partial charge in [-0.1, -0.05) is 59.6 Å². The summed E-state index contributed by atoms with van der Waals surface area (Å²) in [4.78, 5) is 2.58. The maximum Gasteiger partial charge on any atom is 0.0236 e. The number of rotatable bonds is 8. The number of hydrogen-bond donors (Lipinski definition) is 0. The van der Waals surface area contributed by atoms with Gasteiger partial charge in [0.25, 0.3) is 0 Å². The van der Waals surface area contributed by atoms with Crippen LogP contribution in [0, 0.1) is 5.92 Å². The van der Waals surface area contributed by atoms with Crippen LogP contribution in [0.5, 0.6) is 0 Å². The van der Waals surface area contributed by atoms with Gasteiger partial charge in [0.05, 0.1) is 0 Å². The minimum Gasteiger partial charge on any atom is -0.296 e. The lowest BCUT2D eigenvalue weighted by Crippen LogP contribution is -2.35. The van der Waals surface area contributed by atoms with E-state index in [1.54, 1.807) is 0 Å². The van der Waals surface area contributed by atoms with Crippen LogP contribution in [0.3, 0.4) is 0 Å². The number of alkyl halides is 1. The zero-order chi connectivity index (χ0) is 13.4. The summed E-state index contributed by atoms with van der Waals surface area (Å²) in [5, 5.41) is 1.11. The van der Waals surface area contributed by atoms with Gasteiger partial charge in [0.2, 0.25) is 0 Å². The Morgan fingerprint density at radius 1 is 1.17 bits per heavy atom. The minimum absolute atomic E-state index is 0.601. The zero-order valence-electron chi connectivity index (χ0n) is 11.9. The van der Waals surface area contributed by atoms with Gasteiger partial charge in [0, 0.05) is 24.5 Å². The first-order valence-corrected chi connectivity index (χ1v) is 8.13. The van der Waals surface area contributed by atoms with Crippen LogP contribution in [0.1, 0.15) is 39.2 Å². The summed E-state index contributed by atoms with van der Waals surface area (Å²) >= 11 is 3.65. The highest BCUT2D eigenvalue weighted by Crippen LogP contribution is 2.16. The largest absolute Gasteiger partial charge is 0.296 e. The average molecular weight is 312 g/mol. The van der Waals surface area contributed by atoms with E-state index >= 15 is 0 Å². The molecule has 1 aromatic carbocycles. The van der Waals surface area contributed by atoms with E-state index in [1.165, 1.54) is 24.9 Å². The highest BCUT2D eigenvalue weighted by atomic mass is 79.9. The Balaban J connectivity index is 2.59. The Kier molecular flexibility index (Phi) is 7.60. The monoisotopic (exact) mass is 311 g/mol. The van der Waals surface area contributed by atoms with Gasteiger partial charge in [-0.15, -0.1) is 0 Å². The molecule has 102 valence electrons. The van der Waals surface area contributed by atoms with Crippen molar-refractivity contribution in [1.29, 1.82) is 0 Å². The maximum atomic E-state index is 3.65. The fourth-order valence-electron chi connectivity index (χ4n) is 2.23. The Morgan fingerprint density at radius 2 is 1.83 bits per heavy atom. The van der Waals surface area contributed by atoms with Crippen molar-refractivity contribution in [1.82, 2.24) is 4.90 Å². The molecule has 1 rings (SSSR count). The Labute approximate surface area is 121 Å². The Morgan fingerprint density at radius 3 is 2.33 bits per heavy atom. The average Bonchev–Trinajstić information content (AvgIpc) is 2.38. The lowest BCUT2D eigenvalue weighted by Gasteiger charge is -2.30. The summed E-state index contributed by atoms with van der Waals surface area (Å²) in [6.07, 6.45) is 2.58. The third-order valence-corrected chi connectivity index (χ3v) is 4.28. The second kappa shape index (κ2) is 8.71. The molecular weight excluding hydrogens is 286 g/mol. The first kappa shape index (κ1) is 15.7. The molecule has 1 atom stereocenters. The molecule has 1 aromatic rings. The van der Waals surface area contributed by atoms with E-state index in [0.29, 0.717) is 6.04 Å². The summed E-state index contributed by atoms with van der Waals surface area (Å²) < 4.78 is 0. The van der Waals surface area contributed by atoms with Gasteiger partial charge < -0.3 is 0 Å². The van der Waals surface area contributed by atoms with Crippen molar-refractivity contribution in [2.75, 3.05) is 11.9 Å². The predicted octanol–water partition coefficient (Wildman–Crippen LogP) is 4.71. The van der Waals surface area contributed by atoms with E-state index in [1.807, 2.05) is 0 Å². The third-order valence-electron chi connectivity index (χ3n) is 3.37. The van der Waals surface area contributed by atoms with Crippen LogP contribution in [0.25, 0.3) is 0 Å². The van der Waals surface area contributed by atoms with Gasteiger partial charge in [0.1, 0.15) is 0 Å². The molecule has 0 amide bonds. The summed E-state index contributed by atoms with van der Waals surface area (Å²) in [6.45, 7) is 9.10. The van der Waals surface area contributed by atoms with Gasteiger partial charge in [0.15, 0.2) is 0 Å². The van der Waals surface area contributed by atoms with Gasteiger partial charge in [-0.2, -0.15) is 0 Å². The standard InChI is InChI=1S/C16H26BrN/c1-4-8-16(11-17)13-18(14(2)3)12-15-9-6-5-7-10-15/h5-7,9-10,14,16H,4,8,11-13H2,1-3H3. The van der Waals surface area contributed by atoms with E-state index < -0.39 is 0 Å². The van der Waals surface area contributed by atoms with Crippen molar-refractivity contribution in [2.24, 2.45) is 5.92 Å². The van der Waals surface area contributed by atoms with E-state index in [0.717, 1.165) is 17.8 Å². The second-order valence-electron chi connectivity index (χ2n) is 5.32. The molecule has 0 saturated carbocycles. The Bertz CT molecular complexity index is 310. The van der Waals surface area contributed by atoms with E-state index in [4.69, 9.17) is 0 Å². The molecule has 0 saturated heterocycles. The predicted molar refractivity (Wildman–Crippen MR) is 84.2 cm³/mol. The van der Waals surface area contributed by atoms with Crippen molar-refractivity contribution >= 4 is 15.9 Å². The van der Waals surface area contributed by atoms with Crippen LogP contribution in [-0.4, -0.2) is 22.8 Å². The normalized spacial score (nSPS) is 13.2. The first-order valence-electron chi connectivity index (χ1n) is 7.01. The number of nitrogens with zero attached hydrogens (tertiary/aromatic N) is 1. The summed E-state index contributed by atoms with van der Waals surface area (Å²) in [5.41, 5.74) is 1.41. The summed E-state index contributed by atoms with van der Waals surface area (Å²) in [5.74, 6) is 0.765. The lowest BCUT2D eigenvalue weighted by molar-refractivity contribution is 0.181. The molecule has 0 heterocycles. The summed E-state index contributed by atoms with van der Waals surface area (Å²) in [7, 11) is 0. The van der Waals surface area contributed by atoms with Crippen molar-refractivity contribution in [3.05, 3.63) is 35.9 Å². The topological polar surface area (TPSA) is 3.24 Å². The smallest absolute Gasteiger partial charge is 0.0236 e. The molecule has 0 N–H and O–H groups in total. The zero-order valence-corrected chi connectivity index (χ0v) is 13.5. The molecule has 0 bridgehead atoms. The van der Waals surface area contributed by atoms with Gasteiger partial charge in [-0.25, -0.2) is 0 Å². The molecule has 0 aliphatic carbocycles.